The fourth-order valence-electron chi connectivity index (χ4n) is 3.30. The van der Waals surface area contributed by atoms with E-state index < -0.39 is 6.10 Å². The van der Waals surface area contributed by atoms with Crippen LogP contribution < -0.4 is 4.74 Å². The Morgan fingerprint density at radius 1 is 1.23 bits per heavy atom. The zero-order valence-electron chi connectivity index (χ0n) is 15.0. The molecule has 1 aliphatic carbocycles. The van der Waals surface area contributed by atoms with Crippen molar-refractivity contribution >= 4 is 33.3 Å². The quantitative estimate of drug-likeness (QED) is 0.505. The Morgan fingerprint density at radius 2 is 2.08 bits per heavy atom. The Kier molecular flexibility index (Phi) is 5.16. The second kappa shape index (κ2) is 7.55. The van der Waals surface area contributed by atoms with E-state index in [9.17, 15) is 5.11 Å². The Bertz CT molecular complexity index is 939. The molecule has 2 heterocycles. The van der Waals surface area contributed by atoms with Crippen LogP contribution in [-0.4, -0.2) is 33.5 Å². The van der Waals surface area contributed by atoms with Gasteiger partial charge in [-0.15, -0.1) is 23.1 Å². The van der Waals surface area contributed by atoms with E-state index in [0.717, 1.165) is 39.8 Å². The predicted molar refractivity (Wildman–Crippen MR) is 108 cm³/mol. The topological polar surface area (TPSA) is 55.2 Å². The van der Waals surface area contributed by atoms with Gasteiger partial charge in [-0.3, -0.25) is 0 Å². The number of thioether (sulfide) groups is 1. The van der Waals surface area contributed by atoms with Crippen LogP contribution >= 0.6 is 23.1 Å². The molecular formula is C20H22N2O2S2. The fraction of sp³-hybridized carbons (Fsp3) is 0.400. The zero-order chi connectivity index (χ0) is 18.1. The number of hydrogen-bond acceptors (Lipinski definition) is 6. The number of hydrogen-bond donors (Lipinski definition) is 1. The third kappa shape index (κ3) is 3.59. The summed E-state index contributed by atoms with van der Waals surface area (Å²) in [6.07, 6.45) is 2.96. The van der Waals surface area contributed by atoms with Gasteiger partial charge in [0.1, 0.15) is 28.0 Å². The average Bonchev–Trinajstić information content (AvgIpc) is 3.19. The summed E-state index contributed by atoms with van der Waals surface area (Å²) in [5.41, 5.74) is 2.51. The SMILES string of the molecule is Cc1nc(SC[C@@H](O)COc2ccccc2C)c2c3c(sc2n1)CCC3. The number of aliphatic hydroxyl groups is 1. The number of rotatable bonds is 6. The van der Waals surface area contributed by atoms with Crippen molar-refractivity contribution in [2.45, 2.75) is 44.2 Å². The number of aromatic nitrogens is 2. The first-order valence-electron chi connectivity index (χ1n) is 8.90. The monoisotopic (exact) mass is 386 g/mol. The lowest BCUT2D eigenvalue weighted by Gasteiger charge is -2.14. The van der Waals surface area contributed by atoms with Crippen molar-refractivity contribution in [2.75, 3.05) is 12.4 Å². The highest BCUT2D eigenvalue weighted by atomic mass is 32.2. The van der Waals surface area contributed by atoms with E-state index in [-0.39, 0.29) is 6.61 Å². The van der Waals surface area contributed by atoms with Gasteiger partial charge in [0.15, 0.2) is 0 Å². The third-order valence-electron chi connectivity index (χ3n) is 4.58. The third-order valence-corrected chi connectivity index (χ3v) is 6.89. The van der Waals surface area contributed by atoms with Crippen LogP contribution in [0.5, 0.6) is 5.75 Å². The molecule has 0 bridgehead atoms. The summed E-state index contributed by atoms with van der Waals surface area (Å²) in [6, 6.07) is 7.87. The van der Waals surface area contributed by atoms with Crippen molar-refractivity contribution < 1.29 is 9.84 Å². The number of thiophene rings is 1. The number of ether oxygens (including phenoxy) is 1. The predicted octanol–water partition coefficient (Wildman–Crippen LogP) is 4.33. The van der Waals surface area contributed by atoms with Gasteiger partial charge in [0.25, 0.3) is 0 Å². The van der Waals surface area contributed by atoms with Gasteiger partial charge in [-0.1, -0.05) is 18.2 Å². The summed E-state index contributed by atoms with van der Waals surface area (Å²) < 4.78 is 5.76. The molecule has 1 aromatic carbocycles. The molecule has 1 aliphatic rings. The molecule has 0 saturated carbocycles. The minimum Gasteiger partial charge on any atom is -0.491 e. The molecule has 0 unspecified atom stereocenters. The first kappa shape index (κ1) is 17.8. The second-order valence-electron chi connectivity index (χ2n) is 6.65. The Hall–Kier alpha value is -1.63. The summed E-state index contributed by atoms with van der Waals surface area (Å²) >= 11 is 3.41. The summed E-state index contributed by atoms with van der Waals surface area (Å²) in [4.78, 5) is 11.8. The average molecular weight is 387 g/mol. The van der Waals surface area contributed by atoms with Gasteiger partial charge in [-0.05, 0) is 50.3 Å². The minimum absolute atomic E-state index is 0.285. The normalized spacial score (nSPS) is 14.6. The molecule has 3 aromatic rings. The Balaban J connectivity index is 1.45. The van der Waals surface area contributed by atoms with E-state index in [2.05, 4.69) is 9.97 Å². The number of benzene rings is 1. The number of para-hydroxylation sites is 1. The zero-order valence-corrected chi connectivity index (χ0v) is 16.6. The minimum atomic E-state index is -0.545. The van der Waals surface area contributed by atoms with Gasteiger partial charge in [0.2, 0.25) is 0 Å². The summed E-state index contributed by atoms with van der Waals surface area (Å²) in [5, 5.41) is 12.6. The first-order valence-corrected chi connectivity index (χ1v) is 10.7. The van der Waals surface area contributed by atoms with Gasteiger partial charge >= 0.3 is 0 Å². The van der Waals surface area contributed by atoms with Crippen LogP contribution in [0.2, 0.25) is 0 Å². The summed E-state index contributed by atoms with van der Waals surface area (Å²) in [7, 11) is 0. The lowest BCUT2D eigenvalue weighted by atomic mass is 10.2. The van der Waals surface area contributed by atoms with Gasteiger partial charge in [-0.25, -0.2) is 9.97 Å². The summed E-state index contributed by atoms with van der Waals surface area (Å²) in [5.74, 6) is 2.18. The van der Waals surface area contributed by atoms with Crippen molar-refractivity contribution in [2.24, 2.45) is 0 Å². The van der Waals surface area contributed by atoms with Crippen LogP contribution in [-0.2, 0) is 12.8 Å². The van der Waals surface area contributed by atoms with E-state index in [1.807, 2.05) is 38.1 Å². The molecule has 0 aliphatic heterocycles. The molecule has 0 saturated heterocycles. The lowest BCUT2D eigenvalue weighted by molar-refractivity contribution is 0.126. The molecule has 2 aromatic heterocycles. The largest absolute Gasteiger partial charge is 0.491 e. The highest BCUT2D eigenvalue weighted by Gasteiger charge is 2.22. The number of fused-ring (bicyclic) bond motifs is 3. The van der Waals surface area contributed by atoms with Gasteiger partial charge in [-0.2, -0.15) is 0 Å². The molecule has 0 fully saturated rings. The van der Waals surface area contributed by atoms with Crippen LogP contribution in [0.15, 0.2) is 29.3 Å². The van der Waals surface area contributed by atoms with Crippen LogP contribution in [0, 0.1) is 13.8 Å². The lowest BCUT2D eigenvalue weighted by Crippen LogP contribution is -2.20. The molecule has 26 heavy (non-hydrogen) atoms. The van der Waals surface area contributed by atoms with Crippen molar-refractivity contribution in [3.8, 4) is 5.75 Å². The van der Waals surface area contributed by atoms with Crippen LogP contribution in [0.3, 0.4) is 0 Å². The number of aryl methyl sites for hydroxylation is 4. The maximum Gasteiger partial charge on any atom is 0.128 e. The molecule has 4 rings (SSSR count). The van der Waals surface area contributed by atoms with Crippen molar-refractivity contribution in [3.63, 3.8) is 0 Å². The second-order valence-corrected chi connectivity index (χ2v) is 8.75. The maximum absolute atomic E-state index is 10.4. The molecule has 0 amide bonds. The van der Waals surface area contributed by atoms with Gasteiger partial charge < -0.3 is 9.84 Å². The molecule has 4 nitrogen and oxygen atoms in total. The Morgan fingerprint density at radius 3 is 2.92 bits per heavy atom. The van der Waals surface area contributed by atoms with Gasteiger partial charge in [0.05, 0.1) is 6.10 Å². The van der Waals surface area contributed by atoms with E-state index in [4.69, 9.17) is 4.74 Å². The molecule has 1 N–H and O–H groups in total. The van der Waals surface area contributed by atoms with Crippen molar-refractivity contribution in [3.05, 3.63) is 46.1 Å². The summed E-state index contributed by atoms with van der Waals surface area (Å²) in [6.45, 7) is 4.23. The first-order chi connectivity index (χ1) is 12.6. The van der Waals surface area contributed by atoms with Crippen LogP contribution in [0.25, 0.3) is 10.2 Å². The number of nitrogens with zero attached hydrogens (tertiary/aromatic N) is 2. The van der Waals surface area contributed by atoms with Crippen LogP contribution in [0.1, 0.15) is 28.2 Å². The van der Waals surface area contributed by atoms with E-state index in [1.54, 1.807) is 23.1 Å². The molecule has 0 spiro atoms. The van der Waals surface area contributed by atoms with Crippen molar-refractivity contribution in [1.29, 1.82) is 0 Å². The van der Waals surface area contributed by atoms with E-state index in [0.29, 0.717) is 5.75 Å². The van der Waals surface area contributed by atoms with Crippen molar-refractivity contribution in [1.82, 2.24) is 9.97 Å². The molecule has 6 heteroatoms. The maximum atomic E-state index is 10.4. The molecule has 0 radical (unpaired) electrons. The molecular weight excluding hydrogens is 364 g/mol. The fourth-order valence-corrected chi connectivity index (χ4v) is 5.67. The van der Waals surface area contributed by atoms with Crippen LogP contribution in [0.4, 0.5) is 0 Å². The van der Waals surface area contributed by atoms with Gasteiger partial charge in [0, 0.05) is 16.0 Å². The Labute approximate surface area is 161 Å². The highest BCUT2D eigenvalue weighted by Crippen LogP contribution is 2.40. The smallest absolute Gasteiger partial charge is 0.128 e. The number of aliphatic hydroxyl groups excluding tert-OH is 1. The van der Waals surface area contributed by atoms with E-state index >= 15 is 0 Å². The van der Waals surface area contributed by atoms with E-state index in [1.165, 1.54) is 22.2 Å². The molecule has 136 valence electrons. The molecule has 1 atom stereocenters. The standard InChI is InChI=1S/C20H22N2O2S2/c1-12-6-3-4-8-16(12)24-10-14(23)11-25-19-18-15-7-5-9-17(15)26-20(18)22-13(2)21-19/h3-4,6,8,14,23H,5,7,9-11H2,1-2H3/t14-/m0/s1. The highest BCUT2D eigenvalue weighted by molar-refractivity contribution is 7.99.